The molecule has 10 heteroatoms. The van der Waals surface area contributed by atoms with Gasteiger partial charge in [0.05, 0.1) is 27.2 Å². The van der Waals surface area contributed by atoms with Crippen LogP contribution in [-0.4, -0.2) is 43.1 Å². The summed E-state index contributed by atoms with van der Waals surface area (Å²) < 4.78 is 61.1. The second-order valence-corrected chi connectivity index (χ2v) is 12.6. The number of anilines is 1. The smallest absolute Gasteiger partial charge is 0.240 e. The molecular weight excluding hydrogens is 486 g/mol. The van der Waals surface area contributed by atoms with Crippen LogP contribution in [0.5, 0.6) is 0 Å². The van der Waals surface area contributed by atoms with Crippen molar-refractivity contribution in [3.8, 4) is 6.07 Å². The third-order valence-electron chi connectivity index (χ3n) is 6.12. The topological polar surface area (TPSA) is 125 Å². The van der Waals surface area contributed by atoms with E-state index < -0.39 is 19.9 Å². The number of ether oxygens (including phenoxy) is 1. The van der Waals surface area contributed by atoms with Crippen LogP contribution < -0.4 is 10.0 Å². The molecule has 8 nitrogen and oxygen atoms in total. The molecule has 1 aliphatic rings. The second-order valence-electron chi connectivity index (χ2n) is 8.96. The molecule has 190 valence electrons. The minimum atomic E-state index is -3.93. The third kappa shape index (κ3) is 7.04. The molecule has 1 heterocycles. The minimum absolute atomic E-state index is 0.00431. The Balaban J connectivity index is 1.83. The fourth-order valence-electron chi connectivity index (χ4n) is 4.05. The highest BCUT2D eigenvalue weighted by molar-refractivity contribution is 7.91. The van der Waals surface area contributed by atoms with E-state index in [0.717, 1.165) is 12.8 Å². The van der Waals surface area contributed by atoms with Crippen LogP contribution in [-0.2, 0) is 24.6 Å². The summed E-state index contributed by atoms with van der Waals surface area (Å²) in [7, 11) is -7.83. The highest BCUT2D eigenvalue weighted by atomic mass is 32.2. The van der Waals surface area contributed by atoms with Gasteiger partial charge in [-0.05, 0) is 73.1 Å². The Hall–Kier alpha value is -2.45. The van der Waals surface area contributed by atoms with Crippen molar-refractivity contribution in [2.75, 3.05) is 31.6 Å². The molecule has 0 aliphatic carbocycles. The van der Waals surface area contributed by atoms with Gasteiger partial charge in [0.15, 0.2) is 0 Å². The van der Waals surface area contributed by atoms with E-state index in [2.05, 4.69) is 10.0 Å². The number of rotatable bonds is 11. The Morgan fingerprint density at radius 3 is 2.29 bits per heavy atom. The summed E-state index contributed by atoms with van der Waals surface area (Å²) in [5.41, 5.74) is 1.27. The molecule has 1 aliphatic heterocycles. The predicted molar refractivity (Wildman–Crippen MR) is 134 cm³/mol. The highest BCUT2D eigenvalue weighted by Gasteiger charge is 2.26. The van der Waals surface area contributed by atoms with Gasteiger partial charge in [0, 0.05) is 32.0 Å². The average Bonchev–Trinajstić information content (AvgIpc) is 2.84. The average molecular weight is 520 g/mol. The van der Waals surface area contributed by atoms with Crippen molar-refractivity contribution in [1.82, 2.24) is 4.72 Å². The second kappa shape index (κ2) is 12.0. The Morgan fingerprint density at radius 1 is 1.00 bits per heavy atom. The van der Waals surface area contributed by atoms with Gasteiger partial charge in [-0.3, -0.25) is 0 Å². The zero-order chi connectivity index (χ0) is 25.5. The Morgan fingerprint density at radius 2 is 1.66 bits per heavy atom. The molecule has 2 N–H and O–H groups in total. The van der Waals surface area contributed by atoms with Gasteiger partial charge in [0.1, 0.15) is 0 Å². The normalized spacial score (nSPS) is 15.1. The van der Waals surface area contributed by atoms with Gasteiger partial charge in [0.25, 0.3) is 0 Å². The fourth-order valence-corrected chi connectivity index (χ4v) is 6.85. The minimum Gasteiger partial charge on any atom is -0.384 e. The van der Waals surface area contributed by atoms with Gasteiger partial charge < -0.3 is 10.1 Å². The molecule has 2 aromatic carbocycles. The number of nitrogens with one attached hydrogen (secondary N) is 2. The summed E-state index contributed by atoms with van der Waals surface area (Å²) in [6.07, 6.45) is 2.88. The standard InChI is InChI=1S/C25H33N3O5S2/c1-19(2)24-9-8-23(34(29,30)22-6-4-21(5-7-22)27-14-3-13-26)18-25(24)35(31,32)28-15-10-20-11-16-33-17-12-20/h4-9,18-20,27-28H,3,10-12,14-17H2,1-2H3. The fraction of sp³-hybridized carbons (Fsp3) is 0.480. The van der Waals surface area contributed by atoms with Crippen LogP contribution in [0.15, 0.2) is 57.2 Å². The molecule has 1 saturated heterocycles. The van der Waals surface area contributed by atoms with Crippen LogP contribution in [0.3, 0.4) is 0 Å². The molecule has 0 saturated carbocycles. The first-order chi connectivity index (χ1) is 16.6. The molecule has 0 atom stereocenters. The van der Waals surface area contributed by atoms with Crippen molar-refractivity contribution in [1.29, 1.82) is 5.26 Å². The molecule has 0 unspecified atom stereocenters. The Labute approximate surface area is 208 Å². The van der Waals surface area contributed by atoms with Crippen LogP contribution in [0.25, 0.3) is 0 Å². The SMILES string of the molecule is CC(C)c1ccc(S(=O)(=O)c2ccc(NCCC#N)cc2)cc1S(=O)(=O)NCCC1CCOCC1. The number of sulfonamides is 1. The van der Waals surface area contributed by atoms with E-state index in [1.54, 1.807) is 18.2 Å². The van der Waals surface area contributed by atoms with E-state index >= 15 is 0 Å². The maximum atomic E-state index is 13.3. The molecule has 2 aromatic rings. The Bertz CT molecular complexity index is 1240. The molecule has 0 bridgehead atoms. The molecule has 35 heavy (non-hydrogen) atoms. The van der Waals surface area contributed by atoms with Crippen molar-refractivity contribution < 1.29 is 21.6 Å². The largest absolute Gasteiger partial charge is 0.384 e. The quantitative estimate of drug-likeness (QED) is 0.429. The first-order valence-corrected chi connectivity index (χ1v) is 14.8. The van der Waals surface area contributed by atoms with Crippen LogP contribution >= 0.6 is 0 Å². The van der Waals surface area contributed by atoms with Gasteiger partial charge in [-0.15, -0.1) is 0 Å². The van der Waals surface area contributed by atoms with Gasteiger partial charge in [-0.1, -0.05) is 19.9 Å². The number of hydrogen-bond acceptors (Lipinski definition) is 7. The van der Waals surface area contributed by atoms with Crippen LogP contribution in [0.2, 0.25) is 0 Å². The van der Waals surface area contributed by atoms with Gasteiger partial charge in [-0.25, -0.2) is 21.6 Å². The lowest BCUT2D eigenvalue weighted by molar-refractivity contribution is 0.0644. The summed E-state index contributed by atoms with van der Waals surface area (Å²) >= 11 is 0. The summed E-state index contributed by atoms with van der Waals surface area (Å²) in [5.74, 6) is 0.313. The lowest BCUT2D eigenvalue weighted by atomic mass is 9.97. The van der Waals surface area contributed by atoms with E-state index in [1.807, 2.05) is 19.9 Å². The maximum Gasteiger partial charge on any atom is 0.240 e. The zero-order valence-corrected chi connectivity index (χ0v) is 21.8. The van der Waals surface area contributed by atoms with Crippen LogP contribution in [0, 0.1) is 17.2 Å². The van der Waals surface area contributed by atoms with Crippen molar-refractivity contribution in [2.24, 2.45) is 5.92 Å². The Kier molecular flexibility index (Phi) is 9.30. The van der Waals surface area contributed by atoms with E-state index in [4.69, 9.17) is 10.00 Å². The van der Waals surface area contributed by atoms with Crippen molar-refractivity contribution in [3.05, 3.63) is 48.0 Å². The molecule has 0 radical (unpaired) electrons. The lowest BCUT2D eigenvalue weighted by Gasteiger charge is -2.22. The molecule has 0 aromatic heterocycles. The van der Waals surface area contributed by atoms with Crippen molar-refractivity contribution >= 4 is 25.5 Å². The first kappa shape index (κ1) is 27.1. The number of nitriles is 1. The van der Waals surface area contributed by atoms with E-state index in [9.17, 15) is 16.8 Å². The van der Waals surface area contributed by atoms with Gasteiger partial charge >= 0.3 is 0 Å². The van der Waals surface area contributed by atoms with Gasteiger partial charge in [0.2, 0.25) is 19.9 Å². The first-order valence-electron chi connectivity index (χ1n) is 11.8. The number of hydrogen-bond donors (Lipinski definition) is 2. The number of benzene rings is 2. The van der Waals surface area contributed by atoms with Gasteiger partial charge in [-0.2, -0.15) is 5.26 Å². The van der Waals surface area contributed by atoms with E-state index in [1.165, 1.54) is 24.3 Å². The number of nitrogens with zero attached hydrogens (tertiary/aromatic N) is 1. The molecule has 0 amide bonds. The molecule has 1 fully saturated rings. The van der Waals surface area contributed by atoms with E-state index in [-0.39, 0.29) is 20.6 Å². The summed E-state index contributed by atoms with van der Waals surface area (Å²) in [4.78, 5) is -0.0105. The summed E-state index contributed by atoms with van der Waals surface area (Å²) in [5, 5.41) is 11.7. The highest BCUT2D eigenvalue weighted by Crippen LogP contribution is 2.30. The molecule has 0 spiro atoms. The monoisotopic (exact) mass is 519 g/mol. The van der Waals surface area contributed by atoms with Crippen LogP contribution in [0.1, 0.15) is 51.0 Å². The van der Waals surface area contributed by atoms with Crippen molar-refractivity contribution in [3.63, 3.8) is 0 Å². The predicted octanol–water partition coefficient (Wildman–Crippen LogP) is 4.06. The maximum absolute atomic E-state index is 13.3. The molecule has 3 rings (SSSR count). The zero-order valence-electron chi connectivity index (χ0n) is 20.2. The summed E-state index contributed by atoms with van der Waals surface area (Å²) in [6, 6.07) is 12.5. The summed E-state index contributed by atoms with van der Waals surface area (Å²) in [6.45, 7) is 5.91. The van der Waals surface area contributed by atoms with Crippen LogP contribution in [0.4, 0.5) is 5.69 Å². The van der Waals surface area contributed by atoms with E-state index in [0.29, 0.717) is 56.3 Å². The molecular formula is C25H33N3O5S2. The number of sulfone groups is 1. The third-order valence-corrected chi connectivity index (χ3v) is 9.41. The van der Waals surface area contributed by atoms with Crippen molar-refractivity contribution in [2.45, 2.75) is 60.1 Å². The lowest BCUT2D eigenvalue weighted by Crippen LogP contribution is -2.28.